The lowest BCUT2D eigenvalue weighted by Gasteiger charge is -2.18. The van der Waals surface area contributed by atoms with Gasteiger partial charge < -0.3 is 14.4 Å². The van der Waals surface area contributed by atoms with Crippen LogP contribution in [0.5, 0.6) is 11.5 Å². The van der Waals surface area contributed by atoms with Gasteiger partial charge in [-0.05, 0) is 42.8 Å². The highest BCUT2D eigenvalue weighted by atomic mass is 16.5. The van der Waals surface area contributed by atoms with E-state index in [9.17, 15) is 4.79 Å². The molecule has 1 atom stereocenters. The van der Waals surface area contributed by atoms with E-state index in [1.54, 1.807) is 26.5 Å². The molecule has 0 unspecified atom stereocenters. The lowest BCUT2D eigenvalue weighted by atomic mass is 9.97. The van der Waals surface area contributed by atoms with E-state index >= 15 is 0 Å². The van der Waals surface area contributed by atoms with Crippen molar-refractivity contribution in [2.75, 3.05) is 27.3 Å². The van der Waals surface area contributed by atoms with E-state index in [1.165, 1.54) is 0 Å². The second kappa shape index (κ2) is 7.72. The van der Waals surface area contributed by atoms with Gasteiger partial charge in [0.25, 0.3) is 5.91 Å². The summed E-state index contributed by atoms with van der Waals surface area (Å²) in [6, 6.07) is 13.1. The summed E-state index contributed by atoms with van der Waals surface area (Å²) in [6.07, 6.45) is 2.58. The molecule has 1 amide bonds. The normalized spacial score (nSPS) is 16.2. The number of aromatic nitrogens is 3. The number of hydrogen-bond donors (Lipinski definition) is 1. The van der Waals surface area contributed by atoms with Gasteiger partial charge >= 0.3 is 0 Å². The Morgan fingerprint density at radius 3 is 2.79 bits per heavy atom. The lowest BCUT2D eigenvalue weighted by molar-refractivity contribution is 0.0785. The zero-order chi connectivity index (χ0) is 19.5. The molecule has 144 valence electrons. The quantitative estimate of drug-likeness (QED) is 0.738. The first-order valence-corrected chi connectivity index (χ1v) is 9.17. The van der Waals surface area contributed by atoms with Crippen LogP contribution in [-0.2, 0) is 0 Å². The Morgan fingerprint density at radius 2 is 2.04 bits per heavy atom. The highest BCUT2D eigenvalue weighted by molar-refractivity contribution is 5.93. The number of pyridine rings is 1. The fraction of sp³-hybridized carbons (Fsp3) is 0.286. The Kier molecular flexibility index (Phi) is 4.97. The number of aromatic amines is 1. The minimum atomic E-state index is -0.0564. The summed E-state index contributed by atoms with van der Waals surface area (Å²) in [6.45, 7) is 1.31. The van der Waals surface area contributed by atoms with Gasteiger partial charge in [0.2, 0.25) is 0 Å². The van der Waals surface area contributed by atoms with Crippen molar-refractivity contribution in [3.8, 4) is 22.9 Å². The number of carbonyl (C=O) groups excluding carboxylic acids is 1. The average molecular weight is 378 g/mol. The van der Waals surface area contributed by atoms with Gasteiger partial charge in [-0.3, -0.25) is 14.9 Å². The Morgan fingerprint density at radius 1 is 1.14 bits per heavy atom. The van der Waals surface area contributed by atoms with Crippen molar-refractivity contribution in [3.05, 3.63) is 59.9 Å². The van der Waals surface area contributed by atoms with Crippen molar-refractivity contribution in [1.82, 2.24) is 20.1 Å². The van der Waals surface area contributed by atoms with E-state index in [4.69, 9.17) is 9.47 Å². The minimum Gasteiger partial charge on any atom is -0.497 e. The monoisotopic (exact) mass is 378 g/mol. The molecule has 0 saturated carbocycles. The van der Waals surface area contributed by atoms with Crippen molar-refractivity contribution < 1.29 is 14.3 Å². The van der Waals surface area contributed by atoms with Crippen LogP contribution in [0.2, 0.25) is 0 Å². The van der Waals surface area contributed by atoms with Crippen LogP contribution in [0.3, 0.4) is 0 Å². The van der Waals surface area contributed by atoms with Crippen molar-refractivity contribution >= 4 is 5.91 Å². The number of methoxy groups -OCH3 is 2. The maximum Gasteiger partial charge on any atom is 0.271 e. The molecular weight excluding hydrogens is 356 g/mol. The van der Waals surface area contributed by atoms with Gasteiger partial charge in [-0.25, -0.2) is 0 Å². The second-order valence-corrected chi connectivity index (χ2v) is 6.73. The summed E-state index contributed by atoms with van der Waals surface area (Å²) in [5.41, 5.74) is 2.93. The van der Waals surface area contributed by atoms with Gasteiger partial charge in [-0.2, -0.15) is 5.10 Å². The predicted molar refractivity (Wildman–Crippen MR) is 105 cm³/mol. The molecule has 1 aromatic carbocycles. The maximum atomic E-state index is 12.9. The van der Waals surface area contributed by atoms with E-state index in [0.29, 0.717) is 24.5 Å². The number of ether oxygens (including phenoxy) is 2. The molecule has 0 spiro atoms. The molecule has 4 rings (SSSR count). The number of likely N-dealkylation sites (tertiary alicyclic amines) is 1. The van der Waals surface area contributed by atoms with Crippen LogP contribution in [-0.4, -0.2) is 53.3 Å². The molecule has 1 N–H and O–H groups in total. The van der Waals surface area contributed by atoms with Gasteiger partial charge in [0.15, 0.2) is 0 Å². The topological polar surface area (TPSA) is 80.3 Å². The number of nitrogens with one attached hydrogen (secondary N) is 1. The second-order valence-electron chi connectivity index (χ2n) is 6.73. The van der Waals surface area contributed by atoms with E-state index in [2.05, 4.69) is 15.2 Å². The van der Waals surface area contributed by atoms with Gasteiger partial charge in [-0.1, -0.05) is 6.07 Å². The van der Waals surface area contributed by atoms with Crippen LogP contribution in [0.1, 0.15) is 28.4 Å². The Bertz CT molecular complexity index is 971. The lowest BCUT2D eigenvalue weighted by Crippen LogP contribution is -2.28. The molecule has 0 bridgehead atoms. The summed E-state index contributed by atoms with van der Waals surface area (Å²) in [4.78, 5) is 19.0. The van der Waals surface area contributed by atoms with Crippen molar-refractivity contribution in [1.29, 1.82) is 0 Å². The molecule has 7 heteroatoms. The first-order valence-electron chi connectivity index (χ1n) is 9.17. The number of nitrogens with zero attached hydrogens (tertiary/aromatic N) is 3. The molecule has 1 saturated heterocycles. The van der Waals surface area contributed by atoms with Gasteiger partial charge in [0.1, 0.15) is 22.9 Å². The Balaban J connectivity index is 1.50. The third kappa shape index (κ3) is 3.43. The van der Waals surface area contributed by atoms with Crippen LogP contribution < -0.4 is 9.47 Å². The van der Waals surface area contributed by atoms with Crippen LogP contribution in [0.4, 0.5) is 0 Å². The van der Waals surface area contributed by atoms with Crippen molar-refractivity contribution in [2.24, 2.45) is 0 Å². The summed E-state index contributed by atoms with van der Waals surface area (Å²) in [5.74, 6) is 1.75. The first kappa shape index (κ1) is 18.0. The van der Waals surface area contributed by atoms with E-state index in [0.717, 1.165) is 29.2 Å². The average Bonchev–Trinajstić information content (AvgIpc) is 3.43. The molecule has 28 heavy (non-hydrogen) atoms. The Hall–Kier alpha value is -3.35. The van der Waals surface area contributed by atoms with Crippen LogP contribution >= 0.6 is 0 Å². The minimum absolute atomic E-state index is 0.0564. The smallest absolute Gasteiger partial charge is 0.271 e. The standard InChI is InChI=1S/C21H22N4O3/c1-27-15-6-7-20(28-2)16(11-15)14-8-10-25(13-14)21(26)19-12-18(23-24-19)17-5-3-4-9-22-17/h3-7,9,11-12,14H,8,10,13H2,1-2H3,(H,23,24)/t14-/m0/s1. The summed E-state index contributed by atoms with van der Waals surface area (Å²) < 4.78 is 10.9. The maximum absolute atomic E-state index is 12.9. The molecule has 2 aromatic heterocycles. The van der Waals surface area contributed by atoms with E-state index < -0.39 is 0 Å². The largest absolute Gasteiger partial charge is 0.497 e. The molecule has 1 aliphatic heterocycles. The Labute approximate surface area is 163 Å². The van der Waals surface area contributed by atoms with Gasteiger partial charge in [0.05, 0.1) is 19.9 Å². The SMILES string of the molecule is COc1ccc(OC)c([C@H]2CCN(C(=O)c3cc(-c4ccccn4)n[nH]3)C2)c1. The number of hydrogen-bond acceptors (Lipinski definition) is 5. The van der Waals surface area contributed by atoms with Gasteiger partial charge in [-0.15, -0.1) is 0 Å². The summed E-state index contributed by atoms with van der Waals surface area (Å²) >= 11 is 0. The molecular formula is C21H22N4O3. The molecule has 0 aliphatic carbocycles. The number of rotatable bonds is 5. The first-order chi connectivity index (χ1) is 13.7. The fourth-order valence-electron chi connectivity index (χ4n) is 3.60. The van der Waals surface area contributed by atoms with E-state index in [-0.39, 0.29) is 11.8 Å². The third-order valence-corrected chi connectivity index (χ3v) is 5.09. The number of carbonyl (C=O) groups is 1. The van der Waals surface area contributed by atoms with Crippen molar-refractivity contribution in [3.63, 3.8) is 0 Å². The van der Waals surface area contributed by atoms with Crippen LogP contribution in [0.25, 0.3) is 11.4 Å². The number of amides is 1. The molecule has 1 aliphatic rings. The fourth-order valence-corrected chi connectivity index (χ4v) is 3.60. The number of benzene rings is 1. The molecule has 3 aromatic rings. The van der Waals surface area contributed by atoms with E-state index in [1.807, 2.05) is 41.3 Å². The highest BCUT2D eigenvalue weighted by Crippen LogP contribution is 2.36. The van der Waals surface area contributed by atoms with Crippen LogP contribution in [0, 0.1) is 0 Å². The summed E-state index contributed by atoms with van der Waals surface area (Å²) in [5, 5.41) is 7.09. The molecule has 3 heterocycles. The van der Waals surface area contributed by atoms with Gasteiger partial charge in [0, 0.05) is 30.8 Å². The zero-order valence-electron chi connectivity index (χ0n) is 15.9. The van der Waals surface area contributed by atoms with Crippen molar-refractivity contribution in [2.45, 2.75) is 12.3 Å². The molecule has 0 radical (unpaired) electrons. The highest BCUT2D eigenvalue weighted by Gasteiger charge is 2.30. The summed E-state index contributed by atoms with van der Waals surface area (Å²) in [7, 11) is 3.31. The zero-order valence-corrected chi connectivity index (χ0v) is 15.9. The third-order valence-electron chi connectivity index (χ3n) is 5.09. The van der Waals surface area contributed by atoms with Crippen LogP contribution in [0.15, 0.2) is 48.7 Å². The number of H-pyrrole nitrogens is 1. The molecule has 1 fully saturated rings. The predicted octanol–water partition coefficient (Wildman–Crippen LogP) is 3.12. The molecule has 7 nitrogen and oxygen atoms in total.